The van der Waals surface area contributed by atoms with Crippen LogP contribution in [0.5, 0.6) is 0 Å². The van der Waals surface area contributed by atoms with Crippen molar-refractivity contribution in [2.75, 3.05) is 26.2 Å². The Balaban J connectivity index is 1.47. The Hall–Kier alpha value is -2.57. The van der Waals surface area contributed by atoms with Crippen LogP contribution in [0.3, 0.4) is 0 Å². The van der Waals surface area contributed by atoms with Crippen molar-refractivity contribution in [2.45, 2.75) is 45.1 Å². The molecule has 27 heavy (non-hydrogen) atoms. The molecule has 2 aromatic heterocycles. The number of nitrogens with zero attached hydrogens (tertiary/aromatic N) is 4. The number of ether oxygens (including phenoxy) is 1. The van der Waals surface area contributed by atoms with Gasteiger partial charge in [0.15, 0.2) is 5.69 Å². The second-order valence-electron chi connectivity index (χ2n) is 8.31. The largest absolute Gasteiger partial charge is 0.444 e. The van der Waals surface area contributed by atoms with Gasteiger partial charge in [0, 0.05) is 38.3 Å². The molecule has 1 saturated carbocycles. The summed E-state index contributed by atoms with van der Waals surface area (Å²) in [6, 6.07) is 5.85. The third-order valence-corrected chi connectivity index (χ3v) is 4.94. The Morgan fingerprint density at radius 1 is 1.07 bits per heavy atom. The second-order valence-corrected chi connectivity index (χ2v) is 8.31. The molecule has 7 nitrogen and oxygen atoms in total. The van der Waals surface area contributed by atoms with Crippen molar-refractivity contribution in [2.24, 2.45) is 0 Å². The maximum absolute atomic E-state index is 13.1. The zero-order chi connectivity index (χ0) is 19.2. The fourth-order valence-electron chi connectivity index (χ4n) is 3.42. The molecule has 2 aliphatic rings. The maximum atomic E-state index is 13.1. The summed E-state index contributed by atoms with van der Waals surface area (Å²) in [5.41, 5.74) is 0.862. The number of aromatic nitrogens is 2. The zero-order valence-corrected chi connectivity index (χ0v) is 16.1. The van der Waals surface area contributed by atoms with E-state index < -0.39 is 5.60 Å². The lowest BCUT2D eigenvalue weighted by Gasteiger charge is -2.35. The first-order valence-corrected chi connectivity index (χ1v) is 9.58. The van der Waals surface area contributed by atoms with Crippen molar-refractivity contribution >= 4 is 17.5 Å². The van der Waals surface area contributed by atoms with E-state index in [9.17, 15) is 9.59 Å². The van der Waals surface area contributed by atoms with Gasteiger partial charge in [0.25, 0.3) is 5.91 Å². The molecule has 2 aromatic rings. The van der Waals surface area contributed by atoms with Crippen molar-refractivity contribution in [1.82, 2.24) is 19.2 Å². The molecule has 2 amide bonds. The van der Waals surface area contributed by atoms with Gasteiger partial charge < -0.3 is 18.9 Å². The van der Waals surface area contributed by atoms with Crippen molar-refractivity contribution in [3.05, 3.63) is 35.9 Å². The van der Waals surface area contributed by atoms with Crippen LogP contribution in [0.25, 0.3) is 5.52 Å². The van der Waals surface area contributed by atoms with Gasteiger partial charge in [-0.05, 0) is 45.7 Å². The van der Waals surface area contributed by atoms with Crippen LogP contribution < -0.4 is 0 Å². The van der Waals surface area contributed by atoms with E-state index in [0.717, 1.165) is 24.2 Å². The standard InChI is InChI=1S/C20H26N4O3/c1-20(2,3)27-19(26)23-12-10-22(11-13-23)18(25)16-15-6-4-5-9-24(15)17(21-16)14-7-8-14/h4-6,9,14H,7-8,10-13H2,1-3H3. The molecular weight excluding hydrogens is 344 g/mol. The molecule has 4 rings (SSSR count). The second kappa shape index (κ2) is 6.55. The smallest absolute Gasteiger partial charge is 0.410 e. The predicted octanol–water partition coefficient (Wildman–Crippen LogP) is 2.90. The van der Waals surface area contributed by atoms with Gasteiger partial charge in [0.2, 0.25) is 0 Å². The molecule has 0 N–H and O–H groups in total. The number of rotatable bonds is 2. The normalized spacial score (nSPS) is 18.0. The number of amides is 2. The van der Waals surface area contributed by atoms with E-state index in [0.29, 0.717) is 37.8 Å². The van der Waals surface area contributed by atoms with Gasteiger partial charge in [-0.15, -0.1) is 0 Å². The average Bonchev–Trinajstić information content (AvgIpc) is 3.40. The summed E-state index contributed by atoms with van der Waals surface area (Å²) >= 11 is 0. The Labute approximate surface area is 158 Å². The van der Waals surface area contributed by atoms with Gasteiger partial charge in [-0.2, -0.15) is 0 Å². The van der Waals surface area contributed by atoms with E-state index in [1.165, 1.54) is 0 Å². The number of pyridine rings is 1. The van der Waals surface area contributed by atoms with Crippen LogP contribution in [0.1, 0.15) is 55.8 Å². The van der Waals surface area contributed by atoms with Crippen LogP contribution in [-0.4, -0.2) is 63.0 Å². The van der Waals surface area contributed by atoms with Crippen LogP contribution >= 0.6 is 0 Å². The first kappa shape index (κ1) is 17.8. The van der Waals surface area contributed by atoms with Gasteiger partial charge in [0.05, 0.1) is 5.52 Å². The quantitative estimate of drug-likeness (QED) is 0.815. The van der Waals surface area contributed by atoms with Crippen LogP contribution in [0.2, 0.25) is 0 Å². The molecule has 0 aromatic carbocycles. The van der Waals surface area contributed by atoms with E-state index in [-0.39, 0.29) is 12.0 Å². The van der Waals surface area contributed by atoms with Crippen molar-refractivity contribution in [3.63, 3.8) is 0 Å². The molecule has 1 aliphatic heterocycles. The highest BCUT2D eigenvalue weighted by Gasteiger charge is 2.33. The van der Waals surface area contributed by atoms with Gasteiger partial charge in [-0.1, -0.05) is 6.07 Å². The van der Waals surface area contributed by atoms with Crippen LogP contribution in [0.4, 0.5) is 4.79 Å². The van der Waals surface area contributed by atoms with Crippen molar-refractivity contribution in [3.8, 4) is 0 Å². The number of carbonyl (C=O) groups is 2. The minimum absolute atomic E-state index is 0.0607. The number of fused-ring (bicyclic) bond motifs is 1. The highest BCUT2D eigenvalue weighted by atomic mass is 16.6. The number of piperazine rings is 1. The molecule has 0 atom stereocenters. The first-order chi connectivity index (χ1) is 12.8. The molecular formula is C20H26N4O3. The summed E-state index contributed by atoms with van der Waals surface area (Å²) in [5, 5.41) is 0. The van der Waals surface area contributed by atoms with Crippen molar-refractivity contribution in [1.29, 1.82) is 0 Å². The lowest BCUT2D eigenvalue weighted by Crippen LogP contribution is -2.51. The third kappa shape index (κ3) is 3.63. The van der Waals surface area contributed by atoms with Crippen molar-refractivity contribution < 1.29 is 14.3 Å². The molecule has 0 radical (unpaired) electrons. The van der Waals surface area contributed by atoms with E-state index in [2.05, 4.69) is 0 Å². The number of imidazole rings is 1. The van der Waals surface area contributed by atoms with Gasteiger partial charge in [-0.25, -0.2) is 9.78 Å². The van der Waals surface area contributed by atoms with Gasteiger partial charge in [-0.3, -0.25) is 4.79 Å². The average molecular weight is 370 g/mol. The Morgan fingerprint density at radius 3 is 2.37 bits per heavy atom. The molecule has 1 aliphatic carbocycles. The van der Waals surface area contributed by atoms with Crippen LogP contribution in [0, 0.1) is 0 Å². The first-order valence-electron chi connectivity index (χ1n) is 9.58. The summed E-state index contributed by atoms with van der Waals surface area (Å²) in [4.78, 5) is 33.4. The fourth-order valence-corrected chi connectivity index (χ4v) is 3.42. The van der Waals surface area contributed by atoms with Gasteiger partial charge in [0.1, 0.15) is 11.4 Å². The summed E-state index contributed by atoms with van der Waals surface area (Å²) < 4.78 is 7.46. The van der Waals surface area contributed by atoms with E-state index in [1.807, 2.05) is 49.6 Å². The minimum atomic E-state index is -0.515. The van der Waals surface area contributed by atoms with Crippen LogP contribution in [-0.2, 0) is 4.74 Å². The third-order valence-electron chi connectivity index (χ3n) is 4.94. The number of hydrogen-bond acceptors (Lipinski definition) is 4. The van der Waals surface area contributed by atoms with Crippen LogP contribution in [0.15, 0.2) is 24.4 Å². The highest BCUT2D eigenvalue weighted by molar-refractivity contribution is 5.99. The monoisotopic (exact) mass is 370 g/mol. The SMILES string of the molecule is CC(C)(C)OC(=O)N1CCN(C(=O)c2nc(C3CC3)n3ccccc23)CC1. The van der Waals surface area contributed by atoms with E-state index in [1.54, 1.807) is 9.80 Å². The molecule has 7 heteroatoms. The number of hydrogen-bond donors (Lipinski definition) is 0. The fraction of sp³-hybridized carbons (Fsp3) is 0.550. The van der Waals surface area contributed by atoms with Gasteiger partial charge >= 0.3 is 6.09 Å². The lowest BCUT2D eigenvalue weighted by atomic mass is 10.2. The highest BCUT2D eigenvalue weighted by Crippen LogP contribution is 2.40. The Morgan fingerprint density at radius 2 is 1.74 bits per heavy atom. The molecule has 2 fully saturated rings. The predicted molar refractivity (Wildman–Crippen MR) is 101 cm³/mol. The van der Waals surface area contributed by atoms with E-state index >= 15 is 0 Å². The summed E-state index contributed by atoms with van der Waals surface area (Å²) in [7, 11) is 0. The maximum Gasteiger partial charge on any atom is 0.410 e. The molecule has 144 valence electrons. The Kier molecular flexibility index (Phi) is 4.32. The zero-order valence-electron chi connectivity index (χ0n) is 16.1. The molecule has 3 heterocycles. The summed E-state index contributed by atoms with van der Waals surface area (Å²) in [6.07, 6.45) is 3.93. The Bertz CT molecular complexity index is 871. The lowest BCUT2D eigenvalue weighted by molar-refractivity contribution is 0.0140. The molecule has 1 saturated heterocycles. The molecule has 0 spiro atoms. The van der Waals surface area contributed by atoms with E-state index in [4.69, 9.17) is 9.72 Å². The summed E-state index contributed by atoms with van der Waals surface area (Å²) in [6.45, 7) is 7.49. The summed E-state index contributed by atoms with van der Waals surface area (Å²) in [5.74, 6) is 1.39. The number of carbonyl (C=O) groups excluding carboxylic acids is 2. The topological polar surface area (TPSA) is 67.2 Å². The molecule has 0 unspecified atom stereocenters. The minimum Gasteiger partial charge on any atom is -0.444 e. The molecule has 0 bridgehead atoms.